The van der Waals surface area contributed by atoms with E-state index in [1.165, 1.54) is 11.1 Å². The molecule has 9 aliphatic rings. The summed E-state index contributed by atoms with van der Waals surface area (Å²) in [4.78, 5) is 31.4. The Morgan fingerprint density at radius 1 is 0.896 bits per heavy atom. The second-order valence-electron chi connectivity index (χ2n) is 24.9. The third-order valence-corrected chi connectivity index (χ3v) is 21.6. The summed E-state index contributed by atoms with van der Waals surface area (Å²) in [5.74, 6) is 1.64. The van der Waals surface area contributed by atoms with E-state index in [0.29, 0.717) is 55.3 Å². The number of ether oxygens (including phenoxy) is 1. The number of nitrogens with one attached hydrogen (secondary N) is 2. The standard InChI is InChI=1S/C58H81N3O6/c1-34(25-46(63)52-55(4,67-52)42-16-11-15-40(42)36-13-10-14-38(59)28-36)48-43-18-19-47-57-23-9-8-22-56(51(65)41(30-57)37-26-35(32-60-5)27-39(62)29-37)21-7-6-20-53(2,66)33-61-45(50(56)57)31-58(47)24-12-17-44(49(48)64)54(43,58)3/h10,13-14,26-29,34,40-42,44-47,50,52,60-63,66H,6-9,11-12,15-25,30-33,59H2,1-5H3. The van der Waals surface area contributed by atoms with Crippen LogP contribution in [0.5, 0.6) is 5.75 Å². The zero-order valence-electron chi connectivity index (χ0n) is 41.3. The van der Waals surface area contributed by atoms with Gasteiger partial charge in [-0.25, -0.2) is 0 Å². The van der Waals surface area contributed by atoms with Crippen molar-refractivity contribution in [1.29, 1.82) is 0 Å². The lowest BCUT2D eigenvalue weighted by atomic mass is 9.30. The van der Waals surface area contributed by atoms with E-state index in [4.69, 9.17) is 10.5 Å². The molecule has 11 rings (SSSR count). The van der Waals surface area contributed by atoms with Crippen molar-refractivity contribution in [2.45, 2.75) is 198 Å². The number of β-amino-alcohol motifs (C(OH)–C–C–N with tert-alkyl or cyclic N) is 1. The first-order valence-corrected chi connectivity index (χ1v) is 27.0. The van der Waals surface area contributed by atoms with Gasteiger partial charge in [0.2, 0.25) is 0 Å². The number of nitrogen functional groups attached to an aromatic ring is 1. The summed E-state index contributed by atoms with van der Waals surface area (Å²) in [6, 6.07) is 14.3. The number of benzene rings is 2. The lowest BCUT2D eigenvalue weighted by Crippen LogP contribution is -2.73. The number of allylic oxidation sites excluding steroid dienone is 2. The van der Waals surface area contributed by atoms with E-state index >= 15 is 9.59 Å². The highest BCUT2D eigenvalue weighted by molar-refractivity contribution is 6.03. The molecule has 0 amide bonds. The minimum atomic E-state index is -0.844. The maximum absolute atomic E-state index is 15.9. The largest absolute Gasteiger partial charge is 0.508 e. The highest BCUT2D eigenvalue weighted by atomic mass is 16.6. The van der Waals surface area contributed by atoms with Gasteiger partial charge in [-0.2, -0.15) is 0 Å². The third-order valence-electron chi connectivity index (χ3n) is 21.6. The molecule has 9 nitrogen and oxygen atoms in total. The number of carbonyl (C=O) groups is 2. The minimum Gasteiger partial charge on any atom is -0.508 e. The van der Waals surface area contributed by atoms with Crippen LogP contribution in [0.4, 0.5) is 5.69 Å². The van der Waals surface area contributed by atoms with Crippen molar-refractivity contribution >= 4 is 17.3 Å². The molecule has 2 bridgehead atoms. The van der Waals surface area contributed by atoms with Crippen LogP contribution in [0.3, 0.4) is 0 Å². The van der Waals surface area contributed by atoms with E-state index < -0.39 is 22.7 Å². The summed E-state index contributed by atoms with van der Waals surface area (Å²) in [5, 5.41) is 42.7. The van der Waals surface area contributed by atoms with Crippen LogP contribution < -0.4 is 16.4 Å². The van der Waals surface area contributed by atoms with Crippen molar-refractivity contribution in [2.75, 3.05) is 19.3 Å². The van der Waals surface area contributed by atoms with Gasteiger partial charge in [-0.15, -0.1) is 0 Å². The van der Waals surface area contributed by atoms with Crippen LogP contribution in [-0.4, -0.2) is 69.9 Å². The predicted octanol–water partition coefficient (Wildman–Crippen LogP) is 9.81. The number of anilines is 1. The molecule has 67 heavy (non-hydrogen) atoms. The molecule has 364 valence electrons. The fourth-order valence-corrected chi connectivity index (χ4v) is 19.2. The number of aromatic hydroxyl groups is 1. The van der Waals surface area contributed by atoms with Crippen LogP contribution in [0, 0.1) is 51.2 Å². The molecule has 7 aliphatic carbocycles. The van der Waals surface area contributed by atoms with Gasteiger partial charge in [0.05, 0.1) is 17.3 Å². The number of phenols is 1. The Balaban J connectivity index is 0.970. The fourth-order valence-electron chi connectivity index (χ4n) is 19.2. The molecule has 2 aromatic carbocycles. The number of hydrogen-bond acceptors (Lipinski definition) is 9. The van der Waals surface area contributed by atoms with Crippen molar-refractivity contribution in [3.05, 3.63) is 70.3 Å². The molecule has 8 fully saturated rings. The Kier molecular flexibility index (Phi) is 11.4. The first kappa shape index (κ1) is 46.3. The average Bonchev–Trinajstić information content (AvgIpc) is 3.67. The first-order valence-electron chi connectivity index (χ1n) is 27.0. The summed E-state index contributed by atoms with van der Waals surface area (Å²) < 4.78 is 6.60. The van der Waals surface area contributed by atoms with Crippen LogP contribution in [0.2, 0.25) is 0 Å². The van der Waals surface area contributed by atoms with Crippen LogP contribution in [0.1, 0.15) is 178 Å². The molecule has 2 heterocycles. The minimum absolute atomic E-state index is 0.0395. The number of aliphatic hydroxyl groups excluding tert-OH is 1. The SMILES string of the molecule is CNCc1cc(O)cc(C2CC34CCCCC5(CCCCC(C)(O)CNC(CC67CCCC8C(=O)C(C(C)CC(O)C9OC9(C)C9CCCC9c9cccc(N)c9)=C(CCC36)C87C)C54)C2=O)c1. The first-order chi connectivity index (χ1) is 32.0. The molecule has 7 N–H and O–H groups in total. The molecule has 0 aromatic heterocycles. The van der Waals surface area contributed by atoms with Crippen LogP contribution >= 0.6 is 0 Å². The summed E-state index contributed by atoms with van der Waals surface area (Å²) in [7, 11) is 1.93. The second-order valence-corrected chi connectivity index (χ2v) is 24.9. The van der Waals surface area contributed by atoms with Crippen molar-refractivity contribution in [3.63, 3.8) is 0 Å². The van der Waals surface area contributed by atoms with Crippen LogP contribution in [0.15, 0.2) is 53.6 Å². The van der Waals surface area contributed by atoms with Gasteiger partial charge in [-0.1, -0.05) is 76.1 Å². The number of carbonyl (C=O) groups excluding carboxylic acids is 2. The van der Waals surface area contributed by atoms with Gasteiger partial charge in [0.25, 0.3) is 0 Å². The molecule has 2 aromatic rings. The molecule has 6 saturated carbocycles. The third kappa shape index (κ3) is 6.90. The maximum Gasteiger partial charge on any atom is 0.163 e. The Labute approximate surface area is 400 Å². The van der Waals surface area contributed by atoms with E-state index in [-0.39, 0.29) is 57.8 Å². The molecule has 16 unspecified atom stereocenters. The fraction of sp³-hybridized carbons (Fsp3) is 0.724. The highest BCUT2D eigenvalue weighted by Crippen LogP contribution is 2.80. The molecule has 9 heteroatoms. The Bertz CT molecular complexity index is 2330. The van der Waals surface area contributed by atoms with Gasteiger partial charge in [0, 0.05) is 47.5 Å². The number of phenolic OH excluding ortho intramolecular Hbond substituents is 1. The quantitative estimate of drug-likeness (QED) is 0.106. The number of aliphatic hydroxyl groups is 2. The molecule has 16 atom stereocenters. The normalized spacial score (nSPS) is 44.5. The van der Waals surface area contributed by atoms with Crippen LogP contribution in [-0.2, 0) is 20.9 Å². The van der Waals surface area contributed by atoms with Gasteiger partial charge >= 0.3 is 0 Å². The van der Waals surface area contributed by atoms with Gasteiger partial charge in [-0.3, -0.25) is 9.59 Å². The summed E-state index contributed by atoms with van der Waals surface area (Å²) >= 11 is 0. The lowest BCUT2D eigenvalue weighted by molar-refractivity contribution is -0.226. The zero-order chi connectivity index (χ0) is 46.9. The van der Waals surface area contributed by atoms with Crippen molar-refractivity contribution in [2.24, 2.45) is 51.2 Å². The van der Waals surface area contributed by atoms with Gasteiger partial charge in [-0.05, 0) is 191 Å². The smallest absolute Gasteiger partial charge is 0.163 e. The monoisotopic (exact) mass is 916 g/mol. The second kappa shape index (κ2) is 16.5. The molecular formula is C58H81N3O6. The predicted molar refractivity (Wildman–Crippen MR) is 262 cm³/mol. The van der Waals surface area contributed by atoms with Crippen molar-refractivity contribution in [3.8, 4) is 5.75 Å². The van der Waals surface area contributed by atoms with E-state index in [1.54, 1.807) is 0 Å². The van der Waals surface area contributed by atoms with E-state index in [1.807, 2.05) is 32.2 Å². The number of epoxide rings is 1. The number of Topliss-reactive ketones (excluding diaryl/α,β-unsaturated/α-hetero) is 2. The lowest BCUT2D eigenvalue weighted by Gasteiger charge is -2.74. The Morgan fingerprint density at radius 3 is 2.45 bits per heavy atom. The maximum atomic E-state index is 15.9. The molecule has 2 aliphatic heterocycles. The molecular weight excluding hydrogens is 835 g/mol. The number of rotatable bonds is 9. The highest BCUT2D eigenvalue weighted by Gasteiger charge is 2.77. The molecule has 0 radical (unpaired) electrons. The van der Waals surface area contributed by atoms with Gasteiger partial charge < -0.3 is 36.4 Å². The van der Waals surface area contributed by atoms with Crippen molar-refractivity contribution < 1.29 is 29.6 Å². The number of hydrogen-bond donors (Lipinski definition) is 6. The average molecular weight is 916 g/mol. The van der Waals surface area contributed by atoms with Gasteiger partial charge in [0.1, 0.15) is 17.6 Å². The van der Waals surface area contributed by atoms with E-state index in [9.17, 15) is 15.3 Å². The molecule has 1 spiro atoms. The van der Waals surface area contributed by atoms with Crippen LogP contribution in [0.25, 0.3) is 0 Å². The number of ketones is 2. The number of nitrogens with two attached hydrogens (primary N) is 1. The topological polar surface area (TPSA) is 157 Å². The van der Waals surface area contributed by atoms with E-state index in [2.05, 4.69) is 55.7 Å². The van der Waals surface area contributed by atoms with Crippen molar-refractivity contribution in [1.82, 2.24) is 10.6 Å². The molecule has 2 saturated heterocycles. The summed E-state index contributed by atoms with van der Waals surface area (Å²) in [5.41, 5.74) is 10.3. The van der Waals surface area contributed by atoms with E-state index in [0.717, 1.165) is 132 Å². The zero-order valence-corrected chi connectivity index (χ0v) is 41.3. The van der Waals surface area contributed by atoms with Gasteiger partial charge in [0.15, 0.2) is 5.78 Å². The summed E-state index contributed by atoms with van der Waals surface area (Å²) in [6.07, 6.45) is 17.0. The Hall–Kier alpha value is -3.08. The summed E-state index contributed by atoms with van der Waals surface area (Å²) in [6.45, 7) is 10.0. The Morgan fingerprint density at radius 2 is 1.67 bits per heavy atom.